The fourth-order valence-corrected chi connectivity index (χ4v) is 8.35. The first-order chi connectivity index (χ1) is 24.8. The summed E-state index contributed by atoms with van der Waals surface area (Å²) in [5, 5.41) is 4.94. The van der Waals surface area contributed by atoms with Crippen LogP contribution in [-0.2, 0) is 0 Å². The molecule has 0 saturated carbocycles. The summed E-state index contributed by atoms with van der Waals surface area (Å²) in [4.78, 5) is 15.6. The van der Waals surface area contributed by atoms with E-state index in [-0.39, 0.29) is 0 Å². The zero-order valence-corrected chi connectivity index (χ0v) is 27.7. The highest BCUT2D eigenvalue weighted by molar-refractivity contribution is 7.26. The van der Waals surface area contributed by atoms with Crippen molar-refractivity contribution in [3.05, 3.63) is 170 Å². The van der Waals surface area contributed by atoms with Gasteiger partial charge in [-0.25, -0.2) is 4.98 Å². The number of fused-ring (bicyclic) bond motifs is 7. The van der Waals surface area contributed by atoms with Crippen LogP contribution in [0.3, 0.4) is 0 Å². The van der Waals surface area contributed by atoms with Crippen LogP contribution in [0.25, 0.3) is 93.0 Å². The van der Waals surface area contributed by atoms with Crippen molar-refractivity contribution >= 4 is 53.3 Å². The predicted octanol–water partition coefficient (Wildman–Crippen LogP) is 12.0. The zero-order valence-electron chi connectivity index (χ0n) is 26.9. The fourth-order valence-electron chi connectivity index (χ4n) is 7.09. The second kappa shape index (κ2) is 11.6. The van der Waals surface area contributed by atoms with Crippen LogP contribution in [0, 0.1) is 0 Å². The van der Waals surface area contributed by atoms with Gasteiger partial charge in [0.05, 0.1) is 11.0 Å². The number of benzene rings is 7. The molecule has 4 nitrogen and oxygen atoms in total. The minimum atomic E-state index is 0.588. The molecule has 0 N–H and O–H groups in total. The Morgan fingerprint density at radius 1 is 0.380 bits per heavy atom. The SMILES string of the molecule is c1ccc(-c2cccc(-c3nc(-c4ccccc4)nc(-n4c5cc(-c6ccccc6)ccc5c5c6sc7ccccc7c6ccc54)n3)c2)cc1. The molecule has 0 atom stereocenters. The van der Waals surface area contributed by atoms with E-state index >= 15 is 0 Å². The first kappa shape index (κ1) is 28.6. The Kier molecular flexibility index (Phi) is 6.64. The van der Waals surface area contributed by atoms with Crippen molar-refractivity contribution in [2.75, 3.05) is 0 Å². The number of hydrogen-bond donors (Lipinski definition) is 0. The molecule has 10 rings (SSSR count). The van der Waals surface area contributed by atoms with Gasteiger partial charge >= 0.3 is 0 Å². The molecule has 3 heterocycles. The predicted molar refractivity (Wildman–Crippen MR) is 209 cm³/mol. The van der Waals surface area contributed by atoms with Gasteiger partial charge in [0, 0.05) is 42.1 Å². The van der Waals surface area contributed by atoms with Crippen LogP contribution in [-0.4, -0.2) is 19.5 Å². The van der Waals surface area contributed by atoms with Gasteiger partial charge in [0.15, 0.2) is 11.6 Å². The number of rotatable bonds is 5. The first-order valence-electron chi connectivity index (χ1n) is 16.7. The van der Waals surface area contributed by atoms with Crippen LogP contribution < -0.4 is 0 Å². The Labute approximate surface area is 292 Å². The highest BCUT2D eigenvalue weighted by Crippen LogP contribution is 2.44. The van der Waals surface area contributed by atoms with Crippen LogP contribution in [0.5, 0.6) is 0 Å². The molecule has 0 fully saturated rings. The molecule has 10 aromatic rings. The summed E-state index contributed by atoms with van der Waals surface area (Å²) in [6, 6.07) is 59.6. The van der Waals surface area contributed by atoms with E-state index in [1.165, 1.54) is 30.9 Å². The summed E-state index contributed by atoms with van der Waals surface area (Å²) in [6.45, 7) is 0. The molecular formula is C45H28N4S. The van der Waals surface area contributed by atoms with Gasteiger partial charge in [-0.3, -0.25) is 4.57 Å². The van der Waals surface area contributed by atoms with E-state index in [9.17, 15) is 0 Å². The normalized spacial score (nSPS) is 11.6. The first-order valence-corrected chi connectivity index (χ1v) is 17.5. The van der Waals surface area contributed by atoms with E-state index in [2.05, 4.69) is 150 Å². The maximum atomic E-state index is 5.28. The molecule has 0 aliphatic heterocycles. The van der Waals surface area contributed by atoms with E-state index < -0.39 is 0 Å². The van der Waals surface area contributed by atoms with Gasteiger partial charge in [0.1, 0.15) is 0 Å². The van der Waals surface area contributed by atoms with Crippen molar-refractivity contribution < 1.29 is 0 Å². The van der Waals surface area contributed by atoms with Crippen LogP contribution in [0.15, 0.2) is 170 Å². The minimum absolute atomic E-state index is 0.588. The molecule has 0 radical (unpaired) electrons. The number of thiophene rings is 1. The summed E-state index contributed by atoms with van der Waals surface area (Å²) < 4.78 is 4.79. The van der Waals surface area contributed by atoms with Gasteiger partial charge in [0.25, 0.3) is 0 Å². The molecule has 0 saturated heterocycles. The third kappa shape index (κ3) is 4.71. The summed E-state index contributed by atoms with van der Waals surface area (Å²) in [5.74, 6) is 1.85. The van der Waals surface area contributed by atoms with Crippen molar-refractivity contribution in [1.29, 1.82) is 0 Å². The maximum absolute atomic E-state index is 5.28. The number of aromatic nitrogens is 4. The van der Waals surface area contributed by atoms with Crippen LogP contribution in [0.2, 0.25) is 0 Å². The van der Waals surface area contributed by atoms with Crippen LogP contribution in [0.4, 0.5) is 0 Å². The van der Waals surface area contributed by atoms with Gasteiger partial charge in [-0.15, -0.1) is 11.3 Å². The van der Waals surface area contributed by atoms with Crippen LogP contribution >= 0.6 is 11.3 Å². The van der Waals surface area contributed by atoms with Crippen molar-refractivity contribution in [3.63, 3.8) is 0 Å². The smallest absolute Gasteiger partial charge is 0.238 e. The Balaban J connectivity index is 1.29. The molecule has 0 bridgehead atoms. The second-order valence-electron chi connectivity index (χ2n) is 12.5. The summed E-state index contributed by atoms with van der Waals surface area (Å²) in [7, 11) is 0. The molecule has 0 aliphatic carbocycles. The number of hydrogen-bond acceptors (Lipinski definition) is 4. The minimum Gasteiger partial charge on any atom is -0.278 e. The van der Waals surface area contributed by atoms with Crippen molar-refractivity contribution in [3.8, 4) is 51.0 Å². The van der Waals surface area contributed by atoms with Gasteiger partial charge in [0.2, 0.25) is 5.95 Å². The molecule has 234 valence electrons. The lowest BCUT2D eigenvalue weighted by atomic mass is 10.0. The molecule has 50 heavy (non-hydrogen) atoms. The fraction of sp³-hybridized carbons (Fsp3) is 0. The third-order valence-electron chi connectivity index (χ3n) is 9.46. The monoisotopic (exact) mass is 656 g/mol. The third-order valence-corrected chi connectivity index (χ3v) is 10.7. The van der Waals surface area contributed by atoms with Gasteiger partial charge < -0.3 is 0 Å². The average molecular weight is 657 g/mol. The van der Waals surface area contributed by atoms with Crippen molar-refractivity contribution in [2.45, 2.75) is 0 Å². The Morgan fingerprint density at radius 2 is 0.960 bits per heavy atom. The van der Waals surface area contributed by atoms with Gasteiger partial charge in [-0.05, 0) is 46.5 Å². The summed E-state index contributed by atoms with van der Waals surface area (Å²) >= 11 is 1.85. The van der Waals surface area contributed by atoms with E-state index in [1.54, 1.807) is 0 Å². The lowest BCUT2D eigenvalue weighted by Crippen LogP contribution is -2.06. The van der Waals surface area contributed by atoms with E-state index in [0.29, 0.717) is 17.6 Å². The summed E-state index contributed by atoms with van der Waals surface area (Å²) in [6.07, 6.45) is 0. The topological polar surface area (TPSA) is 43.6 Å². The lowest BCUT2D eigenvalue weighted by Gasteiger charge is -2.12. The van der Waals surface area contributed by atoms with E-state index in [4.69, 9.17) is 15.0 Å². The molecule has 3 aromatic heterocycles. The molecule has 0 amide bonds. The largest absolute Gasteiger partial charge is 0.278 e. The van der Waals surface area contributed by atoms with Crippen molar-refractivity contribution in [2.24, 2.45) is 0 Å². The molecule has 0 spiro atoms. The highest BCUT2D eigenvalue weighted by atomic mass is 32.1. The lowest BCUT2D eigenvalue weighted by molar-refractivity contribution is 0.954. The van der Waals surface area contributed by atoms with Gasteiger partial charge in [-0.1, -0.05) is 146 Å². The van der Waals surface area contributed by atoms with Gasteiger partial charge in [-0.2, -0.15) is 9.97 Å². The second-order valence-corrected chi connectivity index (χ2v) is 13.5. The zero-order chi connectivity index (χ0) is 33.0. The molecule has 0 unspecified atom stereocenters. The Morgan fingerprint density at radius 3 is 1.70 bits per heavy atom. The summed E-state index contributed by atoms with van der Waals surface area (Å²) in [5.41, 5.74) is 8.57. The number of nitrogens with zero attached hydrogens (tertiary/aromatic N) is 4. The average Bonchev–Trinajstić information content (AvgIpc) is 3.74. The van der Waals surface area contributed by atoms with Crippen LogP contribution in [0.1, 0.15) is 0 Å². The molecular weight excluding hydrogens is 629 g/mol. The Bertz CT molecular complexity index is 2860. The standard InChI is InChI=1S/C45H28N4S/c1-4-13-29(14-5-1)32-19-12-20-34(27-32)44-46-43(31-17-8-3-9-18-31)47-45(48-44)49-38-26-25-36-35-21-10-11-22-40(35)50-42(36)41(38)37-24-23-33(28-39(37)49)30-15-6-2-7-16-30/h1-28H. The van der Waals surface area contributed by atoms with E-state index in [1.807, 2.05) is 35.6 Å². The molecule has 7 aromatic carbocycles. The van der Waals surface area contributed by atoms with Crippen molar-refractivity contribution in [1.82, 2.24) is 19.5 Å². The molecule has 0 aliphatic rings. The van der Waals surface area contributed by atoms with E-state index in [0.717, 1.165) is 44.4 Å². The molecule has 5 heteroatoms. The quantitative estimate of drug-likeness (QED) is 0.185. The highest BCUT2D eigenvalue weighted by Gasteiger charge is 2.21. The maximum Gasteiger partial charge on any atom is 0.238 e. The Hall–Kier alpha value is -6.43.